The first-order chi connectivity index (χ1) is 13.7. The van der Waals surface area contributed by atoms with Crippen molar-refractivity contribution in [1.82, 2.24) is 25.3 Å². The molecule has 0 unspecified atom stereocenters. The highest BCUT2D eigenvalue weighted by atomic mass is 16.1. The maximum absolute atomic E-state index is 12.6. The number of H-pyrrole nitrogens is 1. The van der Waals surface area contributed by atoms with Crippen LogP contribution in [-0.2, 0) is 0 Å². The van der Waals surface area contributed by atoms with Crippen molar-refractivity contribution in [2.45, 2.75) is 18.9 Å². The lowest BCUT2D eigenvalue weighted by atomic mass is 10.0. The SMILES string of the molecule is O=C(N[C@H]1CCCN(c2ncccn2)C1)c1ccc(-c2cncc(=O)[nH]2)cc1. The Morgan fingerprint density at radius 1 is 1.14 bits per heavy atom. The lowest BCUT2D eigenvalue weighted by Gasteiger charge is -2.33. The van der Waals surface area contributed by atoms with Crippen LogP contribution >= 0.6 is 0 Å². The number of carbonyl (C=O) groups is 1. The van der Waals surface area contributed by atoms with Gasteiger partial charge in [0.1, 0.15) is 0 Å². The van der Waals surface area contributed by atoms with Crippen LogP contribution in [-0.4, -0.2) is 45.0 Å². The largest absolute Gasteiger partial charge is 0.348 e. The fourth-order valence-electron chi connectivity index (χ4n) is 3.32. The lowest BCUT2D eigenvalue weighted by Crippen LogP contribution is -2.48. The van der Waals surface area contributed by atoms with Crippen LogP contribution in [0.25, 0.3) is 11.3 Å². The van der Waals surface area contributed by atoms with Gasteiger partial charge in [0.25, 0.3) is 11.5 Å². The number of amides is 1. The van der Waals surface area contributed by atoms with Crippen LogP contribution < -0.4 is 15.8 Å². The molecule has 1 aliphatic heterocycles. The van der Waals surface area contributed by atoms with Crippen LogP contribution in [0, 0.1) is 0 Å². The summed E-state index contributed by atoms with van der Waals surface area (Å²) >= 11 is 0. The molecule has 1 aliphatic rings. The van der Waals surface area contributed by atoms with Gasteiger partial charge in [-0.3, -0.25) is 14.6 Å². The van der Waals surface area contributed by atoms with Crippen LogP contribution in [0.5, 0.6) is 0 Å². The average Bonchev–Trinajstić information content (AvgIpc) is 2.75. The maximum atomic E-state index is 12.6. The molecule has 1 atom stereocenters. The fourth-order valence-corrected chi connectivity index (χ4v) is 3.32. The van der Waals surface area contributed by atoms with Gasteiger partial charge < -0.3 is 15.2 Å². The number of piperidine rings is 1. The van der Waals surface area contributed by atoms with E-state index >= 15 is 0 Å². The van der Waals surface area contributed by atoms with Gasteiger partial charge in [-0.15, -0.1) is 0 Å². The standard InChI is InChI=1S/C20H20N6O2/c27-18-12-21-11-17(25-18)14-4-6-15(7-5-14)19(28)24-16-3-1-10-26(13-16)20-22-8-2-9-23-20/h2,4-9,11-12,16H,1,3,10,13H2,(H,24,28)(H,25,27)/t16-/m0/s1. The van der Waals surface area contributed by atoms with E-state index in [1.165, 1.54) is 6.20 Å². The Labute approximate surface area is 161 Å². The molecule has 3 aromatic rings. The molecule has 8 nitrogen and oxygen atoms in total. The van der Waals surface area contributed by atoms with Gasteiger partial charge in [0.2, 0.25) is 5.95 Å². The summed E-state index contributed by atoms with van der Waals surface area (Å²) < 4.78 is 0. The van der Waals surface area contributed by atoms with Crippen LogP contribution in [0.2, 0.25) is 0 Å². The number of hydrogen-bond donors (Lipinski definition) is 2. The van der Waals surface area contributed by atoms with Crippen molar-refractivity contribution in [3.63, 3.8) is 0 Å². The molecule has 2 N–H and O–H groups in total. The fraction of sp³-hybridized carbons (Fsp3) is 0.250. The Balaban J connectivity index is 1.41. The quantitative estimate of drug-likeness (QED) is 0.717. The number of hydrogen-bond acceptors (Lipinski definition) is 6. The Kier molecular flexibility index (Phi) is 5.09. The predicted molar refractivity (Wildman–Crippen MR) is 105 cm³/mol. The van der Waals surface area contributed by atoms with Crippen molar-refractivity contribution in [1.29, 1.82) is 0 Å². The number of rotatable bonds is 4. The number of anilines is 1. The number of aromatic amines is 1. The summed E-state index contributed by atoms with van der Waals surface area (Å²) in [6, 6.07) is 8.92. The summed E-state index contributed by atoms with van der Waals surface area (Å²) in [5, 5.41) is 3.10. The normalized spacial score (nSPS) is 16.6. The molecule has 2 aromatic heterocycles. The number of nitrogens with zero attached hydrogens (tertiary/aromatic N) is 4. The summed E-state index contributed by atoms with van der Waals surface area (Å²) in [5.41, 5.74) is 1.73. The first kappa shape index (κ1) is 17.8. The zero-order chi connectivity index (χ0) is 19.3. The number of carbonyl (C=O) groups excluding carboxylic acids is 1. The van der Waals surface area contributed by atoms with E-state index in [0.29, 0.717) is 23.8 Å². The van der Waals surface area contributed by atoms with Gasteiger partial charge in [0.05, 0.1) is 18.1 Å². The summed E-state index contributed by atoms with van der Waals surface area (Å²) in [4.78, 5) is 41.3. The van der Waals surface area contributed by atoms with Gasteiger partial charge in [-0.1, -0.05) is 12.1 Å². The molecule has 0 radical (unpaired) electrons. The summed E-state index contributed by atoms with van der Waals surface area (Å²) in [6.45, 7) is 1.57. The van der Waals surface area contributed by atoms with E-state index in [-0.39, 0.29) is 17.5 Å². The molecule has 3 heterocycles. The van der Waals surface area contributed by atoms with Gasteiger partial charge in [0.15, 0.2) is 0 Å². The van der Waals surface area contributed by atoms with Crippen molar-refractivity contribution < 1.29 is 4.79 Å². The van der Waals surface area contributed by atoms with E-state index in [4.69, 9.17) is 0 Å². The Morgan fingerprint density at radius 3 is 2.68 bits per heavy atom. The van der Waals surface area contributed by atoms with Gasteiger partial charge in [0, 0.05) is 37.1 Å². The highest BCUT2D eigenvalue weighted by Gasteiger charge is 2.23. The third-order valence-corrected chi connectivity index (χ3v) is 4.70. The van der Waals surface area contributed by atoms with Crippen molar-refractivity contribution >= 4 is 11.9 Å². The molecule has 1 saturated heterocycles. The van der Waals surface area contributed by atoms with Gasteiger partial charge >= 0.3 is 0 Å². The van der Waals surface area contributed by atoms with Gasteiger partial charge in [-0.05, 0) is 36.6 Å². The lowest BCUT2D eigenvalue weighted by molar-refractivity contribution is 0.0933. The first-order valence-electron chi connectivity index (χ1n) is 9.16. The van der Waals surface area contributed by atoms with Crippen LogP contribution in [0.4, 0.5) is 5.95 Å². The molecule has 28 heavy (non-hydrogen) atoms. The summed E-state index contributed by atoms with van der Waals surface area (Å²) in [5.74, 6) is 0.573. The number of benzene rings is 1. The first-order valence-corrected chi connectivity index (χ1v) is 9.16. The molecule has 4 rings (SSSR count). The Morgan fingerprint density at radius 2 is 1.93 bits per heavy atom. The molecule has 8 heteroatoms. The minimum absolute atomic E-state index is 0.0411. The van der Waals surface area contributed by atoms with Crippen LogP contribution in [0.1, 0.15) is 23.2 Å². The van der Waals surface area contributed by atoms with Gasteiger partial charge in [-0.25, -0.2) is 9.97 Å². The van der Waals surface area contributed by atoms with Crippen molar-refractivity contribution in [2.24, 2.45) is 0 Å². The third-order valence-electron chi connectivity index (χ3n) is 4.70. The molecular formula is C20H20N6O2. The van der Waals surface area contributed by atoms with E-state index in [1.54, 1.807) is 48.9 Å². The molecule has 1 amide bonds. The van der Waals surface area contributed by atoms with Gasteiger partial charge in [-0.2, -0.15) is 0 Å². The van der Waals surface area contributed by atoms with E-state index < -0.39 is 0 Å². The predicted octanol–water partition coefficient (Wildman–Crippen LogP) is 1.63. The minimum Gasteiger partial charge on any atom is -0.348 e. The molecule has 0 spiro atoms. The highest BCUT2D eigenvalue weighted by molar-refractivity contribution is 5.94. The van der Waals surface area contributed by atoms with Crippen molar-refractivity contribution in [3.8, 4) is 11.3 Å². The number of nitrogens with one attached hydrogen (secondary N) is 2. The minimum atomic E-state index is -0.261. The molecule has 142 valence electrons. The smallest absolute Gasteiger partial charge is 0.266 e. The van der Waals surface area contributed by atoms with E-state index in [1.807, 2.05) is 0 Å². The zero-order valence-corrected chi connectivity index (χ0v) is 15.2. The molecule has 1 aromatic carbocycles. The van der Waals surface area contributed by atoms with Crippen molar-refractivity contribution in [2.75, 3.05) is 18.0 Å². The molecule has 0 saturated carbocycles. The summed E-state index contributed by atoms with van der Waals surface area (Å²) in [7, 11) is 0. The van der Waals surface area contributed by atoms with E-state index in [9.17, 15) is 9.59 Å². The zero-order valence-electron chi connectivity index (χ0n) is 15.2. The second kappa shape index (κ2) is 7.99. The molecule has 0 aliphatic carbocycles. The second-order valence-electron chi connectivity index (χ2n) is 6.69. The monoisotopic (exact) mass is 376 g/mol. The van der Waals surface area contributed by atoms with Crippen molar-refractivity contribution in [3.05, 3.63) is 71.0 Å². The van der Waals surface area contributed by atoms with E-state index in [0.717, 1.165) is 24.9 Å². The Hall–Kier alpha value is -3.55. The summed E-state index contributed by atoms with van der Waals surface area (Å²) in [6.07, 6.45) is 8.14. The topological polar surface area (TPSA) is 104 Å². The number of aromatic nitrogens is 4. The molecule has 0 bridgehead atoms. The van der Waals surface area contributed by atoms with Crippen LogP contribution in [0.3, 0.4) is 0 Å². The molecule has 1 fully saturated rings. The average molecular weight is 376 g/mol. The highest BCUT2D eigenvalue weighted by Crippen LogP contribution is 2.17. The Bertz CT molecular complexity index is 1000. The maximum Gasteiger partial charge on any atom is 0.266 e. The molecular weight excluding hydrogens is 356 g/mol. The second-order valence-corrected chi connectivity index (χ2v) is 6.69. The third kappa shape index (κ3) is 4.06. The van der Waals surface area contributed by atoms with E-state index in [2.05, 4.69) is 30.2 Å². The van der Waals surface area contributed by atoms with Crippen LogP contribution in [0.15, 0.2) is 59.9 Å².